The summed E-state index contributed by atoms with van der Waals surface area (Å²) in [6.07, 6.45) is 1.64. The highest BCUT2D eigenvalue weighted by Gasteiger charge is 2.18. The summed E-state index contributed by atoms with van der Waals surface area (Å²) < 4.78 is 1.86. The second-order valence-corrected chi connectivity index (χ2v) is 7.83. The van der Waals surface area contributed by atoms with Gasteiger partial charge >= 0.3 is 0 Å². The number of hydrogen-bond acceptors (Lipinski definition) is 8. The minimum absolute atomic E-state index is 0.140. The third-order valence-corrected chi connectivity index (χ3v) is 5.24. The Kier molecular flexibility index (Phi) is 5.59. The number of benzene rings is 2. The number of nitrogens with two attached hydrogens (primary N) is 1. The van der Waals surface area contributed by atoms with E-state index >= 15 is 0 Å². The molecular weight excluding hydrogens is 408 g/mol. The molecular formula is C19H17ClN8S. The van der Waals surface area contributed by atoms with Gasteiger partial charge in [0, 0.05) is 10.7 Å². The van der Waals surface area contributed by atoms with Gasteiger partial charge in [0.05, 0.1) is 10.9 Å². The summed E-state index contributed by atoms with van der Waals surface area (Å²) in [5.41, 5.74) is 7.64. The van der Waals surface area contributed by atoms with E-state index in [2.05, 4.69) is 30.5 Å². The third kappa shape index (κ3) is 4.64. The van der Waals surface area contributed by atoms with E-state index in [0.29, 0.717) is 22.0 Å². The normalized spacial score (nSPS) is 11.9. The molecule has 0 fully saturated rings. The Morgan fingerprint density at radius 2 is 1.90 bits per heavy atom. The lowest BCUT2D eigenvalue weighted by molar-refractivity contribution is 0.854. The molecule has 146 valence electrons. The minimum Gasteiger partial charge on any atom is -0.368 e. The summed E-state index contributed by atoms with van der Waals surface area (Å²) in [6.45, 7) is 1.97. The highest BCUT2D eigenvalue weighted by atomic mass is 35.5. The monoisotopic (exact) mass is 424 g/mol. The molecule has 10 heteroatoms. The van der Waals surface area contributed by atoms with Gasteiger partial charge in [-0.15, -0.1) is 10.2 Å². The molecule has 0 radical (unpaired) electrons. The highest BCUT2D eigenvalue weighted by Crippen LogP contribution is 2.33. The second kappa shape index (κ2) is 8.46. The van der Waals surface area contributed by atoms with E-state index in [4.69, 9.17) is 17.3 Å². The molecule has 0 aliphatic heterocycles. The van der Waals surface area contributed by atoms with Crippen LogP contribution in [-0.4, -0.2) is 29.7 Å². The molecule has 0 saturated carbocycles. The maximum Gasteiger partial charge on any atom is 0.232 e. The van der Waals surface area contributed by atoms with Crippen LogP contribution in [0.1, 0.15) is 18.0 Å². The van der Waals surface area contributed by atoms with E-state index in [0.717, 1.165) is 11.4 Å². The minimum atomic E-state index is -0.140. The number of halogens is 1. The van der Waals surface area contributed by atoms with Crippen molar-refractivity contribution in [3.63, 3.8) is 0 Å². The molecule has 0 spiro atoms. The lowest BCUT2D eigenvalue weighted by atomic mass is 10.3. The summed E-state index contributed by atoms with van der Waals surface area (Å²) in [7, 11) is 0. The van der Waals surface area contributed by atoms with Crippen LogP contribution in [0.4, 0.5) is 17.6 Å². The molecule has 8 nitrogen and oxygen atoms in total. The SMILES string of the molecule is CC(Sc1nncn1-c1cccc(Cl)c1)c1nc(N)nc(Nc2ccccc2)n1. The Morgan fingerprint density at radius 3 is 2.69 bits per heavy atom. The van der Waals surface area contributed by atoms with Crippen LogP contribution in [0, 0.1) is 0 Å². The van der Waals surface area contributed by atoms with Gasteiger partial charge in [0.15, 0.2) is 5.16 Å². The summed E-state index contributed by atoms with van der Waals surface area (Å²) in [4.78, 5) is 13.0. The van der Waals surface area contributed by atoms with E-state index in [1.165, 1.54) is 11.8 Å². The van der Waals surface area contributed by atoms with Gasteiger partial charge in [-0.3, -0.25) is 4.57 Å². The number of para-hydroxylation sites is 1. The molecule has 1 unspecified atom stereocenters. The summed E-state index contributed by atoms with van der Waals surface area (Å²) >= 11 is 7.57. The molecule has 2 heterocycles. The van der Waals surface area contributed by atoms with Gasteiger partial charge in [0.1, 0.15) is 12.2 Å². The van der Waals surface area contributed by atoms with Gasteiger partial charge in [-0.25, -0.2) is 0 Å². The smallest absolute Gasteiger partial charge is 0.232 e. The van der Waals surface area contributed by atoms with E-state index < -0.39 is 0 Å². The zero-order valence-corrected chi connectivity index (χ0v) is 17.0. The van der Waals surface area contributed by atoms with Crippen molar-refractivity contribution < 1.29 is 0 Å². The molecule has 2 aromatic carbocycles. The first kappa shape index (κ1) is 19.2. The van der Waals surface area contributed by atoms with E-state index in [9.17, 15) is 0 Å². The van der Waals surface area contributed by atoms with Gasteiger partial charge < -0.3 is 11.1 Å². The predicted molar refractivity (Wildman–Crippen MR) is 115 cm³/mol. The molecule has 2 aromatic heterocycles. The quantitative estimate of drug-likeness (QED) is 0.441. The zero-order chi connectivity index (χ0) is 20.2. The lowest BCUT2D eigenvalue weighted by Gasteiger charge is -2.13. The Morgan fingerprint density at radius 1 is 1.07 bits per heavy atom. The number of aromatic nitrogens is 6. The Labute approximate surface area is 176 Å². The van der Waals surface area contributed by atoms with Crippen molar-refractivity contribution in [1.29, 1.82) is 0 Å². The Balaban J connectivity index is 1.57. The number of nitrogen functional groups attached to an aromatic ring is 1. The summed E-state index contributed by atoms with van der Waals surface area (Å²) in [5.74, 6) is 1.08. The van der Waals surface area contributed by atoms with Crippen LogP contribution in [0.25, 0.3) is 5.69 Å². The molecule has 1 atom stereocenters. The molecule has 29 heavy (non-hydrogen) atoms. The first-order valence-corrected chi connectivity index (χ1v) is 10.0. The summed E-state index contributed by atoms with van der Waals surface area (Å²) in [5, 5.41) is 12.6. The van der Waals surface area contributed by atoms with Crippen molar-refractivity contribution in [3.8, 4) is 5.69 Å². The van der Waals surface area contributed by atoms with Gasteiger partial charge in [0.2, 0.25) is 11.9 Å². The Bertz CT molecular complexity index is 1120. The van der Waals surface area contributed by atoms with E-state index in [-0.39, 0.29) is 11.2 Å². The molecule has 0 bridgehead atoms. The van der Waals surface area contributed by atoms with Crippen molar-refractivity contribution in [2.24, 2.45) is 0 Å². The fourth-order valence-corrected chi connectivity index (χ4v) is 3.69. The first-order valence-electron chi connectivity index (χ1n) is 8.74. The highest BCUT2D eigenvalue weighted by molar-refractivity contribution is 7.99. The fraction of sp³-hybridized carbons (Fsp3) is 0.105. The molecule has 4 aromatic rings. The topological polar surface area (TPSA) is 107 Å². The van der Waals surface area contributed by atoms with Crippen LogP contribution in [0.5, 0.6) is 0 Å². The summed E-state index contributed by atoms with van der Waals surface area (Å²) in [6, 6.07) is 17.1. The number of anilines is 3. The van der Waals surface area contributed by atoms with Crippen LogP contribution < -0.4 is 11.1 Å². The molecule has 0 saturated heterocycles. The van der Waals surface area contributed by atoms with Gasteiger partial charge in [-0.1, -0.05) is 47.6 Å². The van der Waals surface area contributed by atoms with Crippen molar-refractivity contribution >= 4 is 40.9 Å². The molecule has 0 aliphatic rings. The third-order valence-electron chi connectivity index (χ3n) is 3.95. The predicted octanol–water partition coefficient (Wildman–Crippen LogP) is 4.28. The maximum absolute atomic E-state index is 6.11. The van der Waals surface area contributed by atoms with E-state index in [1.807, 2.05) is 66.1 Å². The van der Waals surface area contributed by atoms with Crippen molar-refractivity contribution in [1.82, 2.24) is 29.7 Å². The lowest BCUT2D eigenvalue weighted by Crippen LogP contribution is -2.08. The number of nitrogens with one attached hydrogen (secondary N) is 1. The second-order valence-electron chi connectivity index (χ2n) is 6.09. The zero-order valence-electron chi connectivity index (χ0n) is 15.4. The van der Waals surface area contributed by atoms with Crippen molar-refractivity contribution in [3.05, 3.63) is 71.8 Å². The average Bonchev–Trinajstić information content (AvgIpc) is 3.16. The maximum atomic E-state index is 6.11. The van der Waals surface area contributed by atoms with E-state index in [1.54, 1.807) is 6.33 Å². The fourth-order valence-electron chi connectivity index (χ4n) is 2.62. The Hall–Kier alpha value is -3.17. The van der Waals surface area contributed by atoms with Crippen LogP contribution in [0.15, 0.2) is 66.1 Å². The van der Waals surface area contributed by atoms with Crippen LogP contribution >= 0.6 is 23.4 Å². The number of hydrogen-bond donors (Lipinski definition) is 2. The molecule has 3 N–H and O–H groups in total. The van der Waals surface area contributed by atoms with Crippen LogP contribution in [0.3, 0.4) is 0 Å². The van der Waals surface area contributed by atoms with Gasteiger partial charge in [-0.05, 0) is 37.3 Å². The largest absolute Gasteiger partial charge is 0.368 e. The van der Waals surface area contributed by atoms with Crippen molar-refractivity contribution in [2.45, 2.75) is 17.3 Å². The first-order chi connectivity index (χ1) is 14.1. The van der Waals surface area contributed by atoms with Crippen LogP contribution in [-0.2, 0) is 0 Å². The van der Waals surface area contributed by atoms with Crippen LogP contribution in [0.2, 0.25) is 5.02 Å². The average molecular weight is 425 g/mol. The standard InChI is InChI=1S/C19H17ClN8S/c1-12(29-19-27-22-11-28(19)15-9-5-6-13(20)10-15)16-24-17(21)26-18(25-16)23-14-7-3-2-4-8-14/h2-12H,1H3,(H3,21,23,24,25,26). The number of thioether (sulfide) groups is 1. The van der Waals surface area contributed by atoms with Gasteiger partial charge in [0.25, 0.3) is 0 Å². The molecule has 0 aliphatic carbocycles. The molecule has 4 rings (SSSR count). The van der Waals surface area contributed by atoms with Gasteiger partial charge in [-0.2, -0.15) is 15.0 Å². The number of nitrogens with zero attached hydrogens (tertiary/aromatic N) is 6. The molecule has 0 amide bonds. The number of rotatable bonds is 6. The van der Waals surface area contributed by atoms with Crippen molar-refractivity contribution in [2.75, 3.05) is 11.1 Å².